The van der Waals surface area contributed by atoms with Crippen LogP contribution in [0.1, 0.15) is 28.5 Å². The van der Waals surface area contributed by atoms with Crippen LogP contribution in [0.2, 0.25) is 0 Å². The molecule has 2 heterocycles. The molecular formula is C18H23N3O3. The molecule has 0 bridgehead atoms. The van der Waals surface area contributed by atoms with Crippen molar-refractivity contribution in [1.82, 2.24) is 14.8 Å². The van der Waals surface area contributed by atoms with Gasteiger partial charge in [0.1, 0.15) is 5.69 Å². The maximum atomic E-state index is 12.7. The highest BCUT2D eigenvalue weighted by molar-refractivity contribution is 5.99. The monoisotopic (exact) mass is 329 g/mol. The van der Waals surface area contributed by atoms with Crippen molar-refractivity contribution in [2.45, 2.75) is 20.8 Å². The average Bonchev–Trinajstić information content (AvgIpc) is 2.99. The number of rotatable bonds is 2. The maximum absolute atomic E-state index is 12.7. The van der Waals surface area contributed by atoms with E-state index >= 15 is 0 Å². The summed E-state index contributed by atoms with van der Waals surface area (Å²) in [7, 11) is 0. The number of hydrogen-bond donors (Lipinski definition) is 1. The molecule has 1 fully saturated rings. The number of benzene rings is 1. The summed E-state index contributed by atoms with van der Waals surface area (Å²) in [5.74, 6) is -0.0215. The van der Waals surface area contributed by atoms with Crippen molar-refractivity contribution in [1.29, 1.82) is 0 Å². The van der Waals surface area contributed by atoms with Crippen molar-refractivity contribution in [3.8, 4) is 0 Å². The standard InChI is InChI=1S/C18H23N3O3/c1-4-24-18(23)21-7-5-20(6-8-21)17(22)16-11-14-13(3)9-12(2)10-15(14)19-16/h9-11,19H,4-8H2,1-3H3. The van der Waals surface area contributed by atoms with E-state index in [1.165, 1.54) is 5.56 Å². The molecule has 24 heavy (non-hydrogen) atoms. The van der Waals surface area contributed by atoms with Crippen LogP contribution in [0.4, 0.5) is 4.79 Å². The number of aryl methyl sites for hydroxylation is 2. The topological polar surface area (TPSA) is 65.6 Å². The molecule has 6 heteroatoms. The highest BCUT2D eigenvalue weighted by Crippen LogP contribution is 2.22. The van der Waals surface area contributed by atoms with Gasteiger partial charge in [0.2, 0.25) is 0 Å². The third-order valence-corrected chi connectivity index (χ3v) is 4.41. The third kappa shape index (κ3) is 3.09. The van der Waals surface area contributed by atoms with Crippen LogP contribution in [0.25, 0.3) is 10.9 Å². The zero-order chi connectivity index (χ0) is 17.3. The van der Waals surface area contributed by atoms with E-state index in [0.717, 1.165) is 16.5 Å². The second kappa shape index (κ2) is 6.55. The molecule has 1 N–H and O–H groups in total. The highest BCUT2D eigenvalue weighted by atomic mass is 16.6. The van der Waals surface area contributed by atoms with Crippen molar-refractivity contribution in [3.05, 3.63) is 35.0 Å². The Morgan fingerprint density at radius 1 is 1.08 bits per heavy atom. The number of carbonyl (C=O) groups excluding carboxylic acids is 2. The Balaban J connectivity index is 1.72. The second-order valence-electron chi connectivity index (χ2n) is 6.20. The summed E-state index contributed by atoms with van der Waals surface area (Å²) in [4.78, 5) is 31.1. The molecule has 1 aliphatic rings. The first-order valence-corrected chi connectivity index (χ1v) is 8.30. The molecule has 6 nitrogen and oxygen atoms in total. The second-order valence-corrected chi connectivity index (χ2v) is 6.20. The van der Waals surface area contributed by atoms with Gasteiger partial charge in [-0.05, 0) is 44.0 Å². The number of fused-ring (bicyclic) bond motifs is 1. The smallest absolute Gasteiger partial charge is 0.409 e. The van der Waals surface area contributed by atoms with E-state index in [-0.39, 0.29) is 12.0 Å². The molecule has 0 radical (unpaired) electrons. The summed E-state index contributed by atoms with van der Waals surface area (Å²) in [5, 5.41) is 1.08. The molecule has 1 aliphatic heterocycles. The molecule has 1 aromatic heterocycles. The molecule has 128 valence electrons. The van der Waals surface area contributed by atoms with E-state index in [9.17, 15) is 9.59 Å². The lowest BCUT2D eigenvalue weighted by Gasteiger charge is -2.33. The molecule has 1 saturated heterocycles. The Kier molecular flexibility index (Phi) is 4.46. The number of ether oxygens (including phenoxy) is 1. The third-order valence-electron chi connectivity index (χ3n) is 4.41. The molecule has 2 aromatic rings. The van der Waals surface area contributed by atoms with Crippen molar-refractivity contribution in [2.24, 2.45) is 0 Å². The highest BCUT2D eigenvalue weighted by Gasteiger charge is 2.26. The minimum atomic E-state index is -0.304. The summed E-state index contributed by atoms with van der Waals surface area (Å²) in [6, 6.07) is 6.09. The summed E-state index contributed by atoms with van der Waals surface area (Å²) >= 11 is 0. The quantitative estimate of drug-likeness (QED) is 0.921. The van der Waals surface area contributed by atoms with Crippen molar-refractivity contribution >= 4 is 22.9 Å². The first kappa shape index (κ1) is 16.4. The Morgan fingerprint density at radius 3 is 2.42 bits per heavy atom. The van der Waals surface area contributed by atoms with Crippen LogP contribution in [-0.4, -0.2) is 59.6 Å². The van der Waals surface area contributed by atoms with Crippen LogP contribution in [0.15, 0.2) is 18.2 Å². The van der Waals surface area contributed by atoms with Gasteiger partial charge < -0.3 is 19.5 Å². The molecule has 0 saturated carbocycles. The summed E-state index contributed by atoms with van der Waals surface area (Å²) in [6.07, 6.45) is -0.304. The minimum Gasteiger partial charge on any atom is -0.450 e. The first-order valence-electron chi connectivity index (χ1n) is 8.30. The number of nitrogens with zero attached hydrogens (tertiary/aromatic N) is 2. The van der Waals surface area contributed by atoms with E-state index in [4.69, 9.17) is 4.74 Å². The average molecular weight is 329 g/mol. The van der Waals surface area contributed by atoms with Crippen LogP contribution in [0.5, 0.6) is 0 Å². The van der Waals surface area contributed by atoms with E-state index in [1.807, 2.05) is 13.0 Å². The van der Waals surface area contributed by atoms with Gasteiger partial charge in [-0.15, -0.1) is 0 Å². The van der Waals surface area contributed by atoms with Crippen molar-refractivity contribution in [2.75, 3.05) is 32.8 Å². The summed E-state index contributed by atoms with van der Waals surface area (Å²) in [5.41, 5.74) is 3.92. The van der Waals surface area contributed by atoms with Crippen LogP contribution >= 0.6 is 0 Å². The van der Waals surface area contributed by atoms with Gasteiger partial charge in [-0.25, -0.2) is 4.79 Å². The normalized spacial score (nSPS) is 15.0. The van der Waals surface area contributed by atoms with Gasteiger partial charge in [-0.1, -0.05) is 6.07 Å². The Bertz CT molecular complexity index is 773. The Labute approximate surface area is 141 Å². The zero-order valence-electron chi connectivity index (χ0n) is 14.4. The lowest BCUT2D eigenvalue weighted by molar-refractivity contribution is 0.0566. The maximum Gasteiger partial charge on any atom is 0.409 e. The number of aromatic nitrogens is 1. The summed E-state index contributed by atoms with van der Waals surface area (Å²) in [6.45, 7) is 8.30. The number of carbonyl (C=O) groups is 2. The molecule has 0 aliphatic carbocycles. The number of amides is 2. The fraction of sp³-hybridized carbons (Fsp3) is 0.444. The molecule has 1 aromatic carbocycles. The van der Waals surface area contributed by atoms with Crippen LogP contribution in [0, 0.1) is 13.8 Å². The fourth-order valence-electron chi connectivity index (χ4n) is 3.19. The number of aromatic amines is 1. The molecular weight excluding hydrogens is 306 g/mol. The van der Waals surface area contributed by atoms with Gasteiger partial charge >= 0.3 is 6.09 Å². The molecule has 2 amide bonds. The molecule has 3 rings (SSSR count). The largest absolute Gasteiger partial charge is 0.450 e. The number of nitrogens with one attached hydrogen (secondary N) is 1. The lowest BCUT2D eigenvalue weighted by atomic mass is 10.1. The van der Waals surface area contributed by atoms with Gasteiger partial charge in [0.05, 0.1) is 6.61 Å². The van der Waals surface area contributed by atoms with Crippen LogP contribution in [-0.2, 0) is 4.74 Å². The zero-order valence-corrected chi connectivity index (χ0v) is 14.4. The van der Waals surface area contributed by atoms with Gasteiger partial charge in [-0.2, -0.15) is 0 Å². The number of piperazine rings is 1. The predicted octanol–water partition coefficient (Wildman–Crippen LogP) is 2.70. The molecule has 0 spiro atoms. The van der Waals surface area contributed by atoms with E-state index in [2.05, 4.69) is 24.0 Å². The van der Waals surface area contributed by atoms with Crippen LogP contribution in [0.3, 0.4) is 0 Å². The lowest BCUT2D eigenvalue weighted by Crippen LogP contribution is -2.50. The summed E-state index contributed by atoms with van der Waals surface area (Å²) < 4.78 is 5.00. The first-order chi connectivity index (χ1) is 11.5. The predicted molar refractivity (Wildman–Crippen MR) is 92.3 cm³/mol. The molecule has 0 atom stereocenters. The fourth-order valence-corrected chi connectivity index (χ4v) is 3.19. The van der Waals surface area contributed by atoms with Gasteiger partial charge in [0.25, 0.3) is 5.91 Å². The van der Waals surface area contributed by atoms with Gasteiger partial charge in [0, 0.05) is 37.1 Å². The molecule has 0 unspecified atom stereocenters. The van der Waals surface area contributed by atoms with Crippen molar-refractivity contribution in [3.63, 3.8) is 0 Å². The Hall–Kier alpha value is -2.50. The SMILES string of the molecule is CCOC(=O)N1CCN(C(=O)c2cc3c(C)cc(C)cc3[nH]2)CC1. The van der Waals surface area contributed by atoms with Gasteiger partial charge in [0.15, 0.2) is 0 Å². The van der Waals surface area contributed by atoms with E-state index < -0.39 is 0 Å². The minimum absolute atomic E-state index is 0.0215. The Morgan fingerprint density at radius 2 is 1.75 bits per heavy atom. The number of hydrogen-bond acceptors (Lipinski definition) is 3. The van der Waals surface area contributed by atoms with E-state index in [0.29, 0.717) is 38.5 Å². The van der Waals surface area contributed by atoms with Crippen molar-refractivity contribution < 1.29 is 14.3 Å². The van der Waals surface area contributed by atoms with Crippen LogP contribution < -0.4 is 0 Å². The number of H-pyrrole nitrogens is 1. The van der Waals surface area contributed by atoms with E-state index in [1.54, 1.807) is 16.7 Å². The van der Waals surface area contributed by atoms with Gasteiger partial charge in [-0.3, -0.25) is 4.79 Å².